The van der Waals surface area contributed by atoms with Gasteiger partial charge < -0.3 is 22.1 Å². The Balaban J connectivity index is 3.09. The summed E-state index contributed by atoms with van der Waals surface area (Å²) in [5, 5.41) is 6.21. The molecule has 0 aliphatic heterocycles. The molecule has 0 aliphatic rings. The van der Waals surface area contributed by atoms with Crippen LogP contribution in [0.25, 0.3) is 0 Å². The number of primary amides is 1. The smallest absolute Gasteiger partial charge is 0.263 e. The Morgan fingerprint density at radius 1 is 1.47 bits per heavy atom. The minimum absolute atomic E-state index is 0.123. The average Bonchev–Trinajstić information content (AvgIpc) is 2.70. The van der Waals surface area contributed by atoms with Crippen molar-refractivity contribution in [2.75, 3.05) is 24.1 Å². The van der Waals surface area contributed by atoms with E-state index in [1.807, 2.05) is 6.92 Å². The minimum atomic E-state index is -0.643. The number of carbonyl (C=O) groups excluding carboxylic acids is 2. The molecule has 6 nitrogen and oxygen atoms in total. The molecule has 0 spiro atoms. The van der Waals surface area contributed by atoms with Gasteiger partial charge in [0.1, 0.15) is 9.88 Å². The molecule has 1 aromatic heterocycles. The summed E-state index contributed by atoms with van der Waals surface area (Å²) in [6.07, 6.45) is 2.45. The summed E-state index contributed by atoms with van der Waals surface area (Å²) >= 11 is 1.13. The highest BCUT2D eigenvalue weighted by molar-refractivity contribution is 7.19. The van der Waals surface area contributed by atoms with Crippen molar-refractivity contribution in [3.63, 3.8) is 0 Å². The van der Waals surface area contributed by atoms with Crippen LogP contribution in [0.1, 0.15) is 33.4 Å². The summed E-state index contributed by atoms with van der Waals surface area (Å²) in [4.78, 5) is 23.6. The molecule has 0 aromatic carbocycles. The van der Waals surface area contributed by atoms with Crippen LogP contribution >= 0.6 is 11.3 Å². The van der Waals surface area contributed by atoms with Crippen molar-refractivity contribution in [3.05, 3.63) is 23.1 Å². The normalized spacial score (nSPS) is 9.95. The summed E-state index contributed by atoms with van der Waals surface area (Å²) in [6.45, 7) is 6.51. The molecule has 0 atom stereocenters. The summed E-state index contributed by atoms with van der Waals surface area (Å²) in [7, 11) is 0. The molecule has 1 aromatic rings. The number of nitrogen functional groups attached to an aromatic ring is 1. The van der Waals surface area contributed by atoms with Crippen LogP contribution in [0.3, 0.4) is 0 Å². The van der Waals surface area contributed by atoms with E-state index in [1.54, 1.807) is 6.08 Å². The summed E-state index contributed by atoms with van der Waals surface area (Å²) in [5.41, 5.74) is 11.4. The highest BCUT2D eigenvalue weighted by Gasteiger charge is 2.23. The molecule has 6 N–H and O–H groups in total. The second-order valence-corrected chi connectivity index (χ2v) is 4.86. The van der Waals surface area contributed by atoms with Gasteiger partial charge in [-0.3, -0.25) is 9.59 Å². The van der Waals surface area contributed by atoms with E-state index in [-0.39, 0.29) is 22.0 Å². The lowest BCUT2D eigenvalue weighted by Gasteiger charge is -2.03. The predicted molar refractivity (Wildman–Crippen MR) is 78.6 cm³/mol. The van der Waals surface area contributed by atoms with Gasteiger partial charge in [-0.15, -0.1) is 17.9 Å². The number of rotatable bonds is 7. The van der Waals surface area contributed by atoms with E-state index in [0.717, 1.165) is 17.8 Å². The van der Waals surface area contributed by atoms with Gasteiger partial charge in [0.2, 0.25) is 0 Å². The predicted octanol–water partition coefficient (Wildman–Crippen LogP) is 1.17. The second-order valence-electron chi connectivity index (χ2n) is 3.84. The molecule has 0 aliphatic carbocycles. The van der Waals surface area contributed by atoms with Crippen LogP contribution in [-0.2, 0) is 0 Å². The van der Waals surface area contributed by atoms with E-state index in [0.29, 0.717) is 18.1 Å². The zero-order valence-corrected chi connectivity index (χ0v) is 11.6. The van der Waals surface area contributed by atoms with Gasteiger partial charge in [-0.2, -0.15) is 0 Å². The molecule has 0 fully saturated rings. The Hall–Kier alpha value is -2.02. The van der Waals surface area contributed by atoms with Crippen LogP contribution in [-0.4, -0.2) is 24.9 Å². The fraction of sp³-hybridized carbons (Fsp3) is 0.333. The molecule has 0 saturated carbocycles. The van der Waals surface area contributed by atoms with E-state index >= 15 is 0 Å². The number of hydrogen-bond donors (Lipinski definition) is 4. The molecule has 0 radical (unpaired) electrons. The quantitative estimate of drug-likeness (QED) is 0.562. The van der Waals surface area contributed by atoms with E-state index in [2.05, 4.69) is 17.2 Å². The van der Waals surface area contributed by atoms with Crippen LogP contribution < -0.4 is 22.1 Å². The average molecular weight is 282 g/mol. The molecule has 0 unspecified atom stereocenters. The van der Waals surface area contributed by atoms with Gasteiger partial charge >= 0.3 is 0 Å². The van der Waals surface area contributed by atoms with Gasteiger partial charge in [-0.25, -0.2) is 0 Å². The molecule has 1 heterocycles. The first-order chi connectivity index (χ1) is 9.02. The van der Waals surface area contributed by atoms with Crippen molar-refractivity contribution in [1.29, 1.82) is 0 Å². The zero-order valence-electron chi connectivity index (χ0n) is 10.8. The molecular weight excluding hydrogens is 264 g/mol. The molecule has 7 heteroatoms. The Kier molecular flexibility index (Phi) is 5.37. The van der Waals surface area contributed by atoms with Crippen LogP contribution in [0.5, 0.6) is 0 Å². The Morgan fingerprint density at radius 3 is 2.68 bits per heavy atom. The largest absolute Gasteiger partial charge is 0.397 e. The first-order valence-corrected chi connectivity index (χ1v) is 6.69. The number of nitrogens with one attached hydrogen (secondary N) is 2. The first-order valence-electron chi connectivity index (χ1n) is 5.87. The van der Waals surface area contributed by atoms with Gasteiger partial charge in [0.05, 0.1) is 11.3 Å². The fourth-order valence-corrected chi connectivity index (χ4v) is 2.53. The Labute approximate surface area is 115 Å². The molecular formula is C12H18N4O2S. The maximum Gasteiger partial charge on any atom is 0.263 e. The number of thiophene rings is 1. The summed E-state index contributed by atoms with van der Waals surface area (Å²) in [5.74, 6) is -0.982. The van der Waals surface area contributed by atoms with Crippen molar-refractivity contribution in [3.8, 4) is 0 Å². The SMILES string of the molecule is C=CCNC(=O)c1sc(NCCC)c(C(N)=O)c1N. The van der Waals surface area contributed by atoms with E-state index < -0.39 is 5.91 Å². The molecule has 0 saturated heterocycles. The number of hydrogen-bond acceptors (Lipinski definition) is 5. The Morgan fingerprint density at radius 2 is 2.16 bits per heavy atom. The topological polar surface area (TPSA) is 110 Å². The van der Waals surface area contributed by atoms with Gasteiger partial charge in [0.15, 0.2) is 0 Å². The maximum atomic E-state index is 11.9. The maximum absolute atomic E-state index is 11.9. The Bertz CT molecular complexity index is 496. The highest BCUT2D eigenvalue weighted by Crippen LogP contribution is 2.35. The molecule has 2 amide bonds. The van der Waals surface area contributed by atoms with Crippen molar-refractivity contribution in [1.82, 2.24) is 5.32 Å². The monoisotopic (exact) mass is 282 g/mol. The third kappa shape index (κ3) is 3.47. The van der Waals surface area contributed by atoms with E-state index in [1.165, 1.54) is 0 Å². The number of anilines is 2. The fourth-order valence-electron chi connectivity index (χ4n) is 1.47. The van der Waals surface area contributed by atoms with Gasteiger partial charge in [-0.05, 0) is 6.42 Å². The minimum Gasteiger partial charge on any atom is -0.397 e. The van der Waals surface area contributed by atoms with Crippen molar-refractivity contribution >= 4 is 33.8 Å². The lowest BCUT2D eigenvalue weighted by Crippen LogP contribution is -2.23. The van der Waals surface area contributed by atoms with Crippen molar-refractivity contribution in [2.45, 2.75) is 13.3 Å². The molecule has 1 rings (SSSR count). The highest BCUT2D eigenvalue weighted by atomic mass is 32.1. The summed E-state index contributed by atoms with van der Waals surface area (Å²) in [6, 6.07) is 0. The van der Waals surface area contributed by atoms with Crippen molar-refractivity contribution in [2.24, 2.45) is 5.73 Å². The van der Waals surface area contributed by atoms with Gasteiger partial charge in [0, 0.05) is 13.1 Å². The lowest BCUT2D eigenvalue weighted by atomic mass is 10.2. The van der Waals surface area contributed by atoms with E-state index in [9.17, 15) is 9.59 Å². The van der Waals surface area contributed by atoms with Crippen molar-refractivity contribution < 1.29 is 9.59 Å². The van der Waals surface area contributed by atoms with E-state index in [4.69, 9.17) is 11.5 Å². The molecule has 19 heavy (non-hydrogen) atoms. The lowest BCUT2D eigenvalue weighted by molar-refractivity contribution is 0.0962. The van der Waals surface area contributed by atoms with Gasteiger partial charge in [0.25, 0.3) is 11.8 Å². The third-order valence-corrected chi connectivity index (χ3v) is 3.50. The summed E-state index contributed by atoms with van der Waals surface area (Å²) < 4.78 is 0. The zero-order chi connectivity index (χ0) is 14.4. The van der Waals surface area contributed by atoms with Crippen LogP contribution in [0.4, 0.5) is 10.7 Å². The second kappa shape index (κ2) is 6.79. The standard InChI is InChI=1S/C12H18N4O2S/c1-3-5-15-11(18)9-8(13)7(10(14)17)12(19-9)16-6-4-2/h3,16H,1,4-6,13H2,2H3,(H2,14,17)(H,15,18). The van der Waals surface area contributed by atoms with Gasteiger partial charge in [-0.1, -0.05) is 13.0 Å². The number of amides is 2. The molecule has 0 bridgehead atoms. The first kappa shape index (κ1) is 15.0. The van der Waals surface area contributed by atoms with Crippen LogP contribution in [0.15, 0.2) is 12.7 Å². The third-order valence-electron chi connectivity index (χ3n) is 2.34. The van der Waals surface area contributed by atoms with Crippen LogP contribution in [0, 0.1) is 0 Å². The van der Waals surface area contributed by atoms with Crippen LogP contribution in [0.2, 0.25) is 0 Å². The number of nitrogens with two attached hydrogens (primary N) is 2. The molecule has 104 valence electrons. The number of carbonyl (C=O) groups is 2.